The Hall–Kier alpha value is -1.31. The van der Waals surface area contributed by atoms with E-state index in [1.54, 1.807) is 0 Å². The second kappa shape index (κ2) is 7.20. The summed E-state index contributed by atoms with van der Waals surface area (Å²) >= 11 is 0. The summed E-state index contributed by atoms with van der Waals surface area (Å²) in [6, 6.07) is 4.29. The highest BCUT2D eigenvalue weighted by atomic mass is 16.3. The average Bonchev–Trinajstić information content (AvgIpc) is 2.34. The highest BCUT2D eigenvalue weighted by Crippen LogP contribution is 2.23. The fourth-order valence-electron chi connectivity index (χ4n) is 1.95. The molecular formula is C16H25NO. The van der Waals surface area contributed by atoms with Gasteiger partial charge in [-0.1, -0.05) is 38.3 Å². The second-order valence-corrected chi connectivity index (χ2v) is 5.08. The number of unbranched alkanes of at least 4 members (excludes halogenated alkanes) is 2. The van der Waals surface area contributed by atoms with Crippen LogP contribution >= 0.6 is 0 Å². The number of phenols is 1. The molecule has 0 heterocycles. The maximum absolute atomic E-state index is 10.0. The Morgan fingerprint density at radius 1 is 1.22 bits per heavy atom. The zero-order valence-electron chi connectivity index (χ0n) is 12.0. The first-order valence-electron chi connectivity index (χ1n) is 6.88. The lowest BCUT2D eigenvalue weighted by molar-refractivity contribution is 0.469. The standard InChI is InChI=1S/C16H25NO/c1-5-6-7-8-14(4)17-11-15-12(2)9-10-13(3)16(15)18/h9-11,14,18H,5-8H2,1-4H3. The minimum Gasteiger partial charge on any atom is -0.507 e. The third kappa shape index (κ3) is 4.17. The number of aryl methyl sites for hydroxylation is 2. The normalized spacial score (nSPS) is 13.1. The molecule has 100 valence electrons. The summed E-state index contributed by atoms with van der Waals surface area (Å²) in [6.07, 6.45) is 6.70. The van der Waals surface area contributed by atoms with Crippen LogP contribution in [0.15, 0.2) is 17.1 Å². The fourth-order valence-corrected chi connectivity index (χ4v) is 1.95. The van der Waals surface area contributed by atoms with E-state index in [1.807, 2.05) is 32.2 Å². The Morgan fingerprint density at radius 2 is 1.89 bits per heavy atom. The molecule has 2 heteroatoms. The van der Waals surface area contributed by atoms with Crippen molar-refractivity contribution in [3.8, 4) is 5.75 Å². The van der Waals surface area contributed by atoms with Crippen molar-refractivity contribution in [1.82, 2.24) is 0 Å². The molecule has 0 bridgehead atoms. The summed E-state index contributed by atoms with van der Waals surface area (Å²) < 4.78 is 0. The van der Waals surface area contributed by atoms with Gasteiger partial charge in [0.05, 0.1) is 0 Å². The summed E-state index contributed by atoms with van der Waals surface area (Å²) in [6.45, 7) is 8.26. The van der Waals surface area contributed by atoms with E-state index in [9.17, 15) is 5.11 Å². The molecule has 0 radical (unpaired) electrons. The molecule has 18 heavy (non-hydrogen) atoms. The molecular weight excluding hydrogens is 222 g/mol. The molecule has 2 nitrogen and oxygen atoms in total. The van der Waals surface area contributed by atoms with Crippen LogP contribution < -0.4 is 0 Å². The van der Waals surface area contributed by atoms with Crippen molar-refractivity contribution >= 4 is 6.21 Å². The molecule has 1 unspecified atom stereocenters. The number of rotatable bonds is 6. The van der Waals surface area contributed by atoms with Crippen molar-refractivity contribution in [1.29, 1.82) is 0 Å². The molecule has 1 aromatic carbocycles. The molecule has 0 aliphatic rings. The molecule has 1 rings (SSSR count). The zero-order valence-corrected chi connectivity index (χ0v) is 12.0. The lowest BCUT2D eigenvalue weighted by atomic mass is 10.0. The first-order chi connectivity index (χ1) is 8.56. The van der Waals surface area contributed by atoms with Crippen molar-refractivity contribution < 1.29 is 5.11 Å². The van der Waals surface area contributed by atoms with E-state index in [-0.39, 0.29) is 0 Å². The van der Waals surface area contributed by atoms with Crippen LogP contribution in [0.2, 0.25) is 0 Å². The Morgan fingerprint density at radius 3 is 2.56 bits per heavy atom. The first kappa shape index (κ1) is 14.7. The number of aliphatic imine (C=N–C) groups is 1. The maximum atomic E-state index is 10.0. The van der Waals surface area contributed by atoms with E-state index < -0.39 is 0 Å². The number of hydrogen-bond acceptors (Lipinski definition) is 2. The van der Waals surface area contributed by atoms with Gasteiger partial charge in [-0.15, -0.1) is 0 Å². The van der Waals surface area contributed by atoms with Crippen molar-refractivity contribution in [3.63, 3.8) is 0 Å². The van der Waals surface area contributed by atoms with Crippen LogP contribution in [-0.4, -0.2) is 17.4 Å². The average molecular weight is 247 g/mol. The summed E-state index contributed by atoms with van der Waals surface area (Å²) in [7, 11) is 0. The third-order valence-corrected chi connectivity index (χ3v) is 3.32. The lowest BCUT2D eigenvalue weighted by Gasteiger charge is -2.08. The SMILES string of the molecule is CCCCCC(C)N=Cc1c(C)ccc(C)c1O. The van der Waals surface area contributed by atoms with Gasteiger partial charge in [0, 0.05) is 17.8 Å². The van der Waals surface area contributed by atoms with Crippen LogP contribution in [0.5, 0.6) is 5.75 Å². The van der Waals surface area contributed by atoms with Gasteiger partial charge in [-0.25, -0.2) is 0 Å². The molecule has 1 aromatic rings. The van der Waals surface area contributed by atoms with Gasteiger partial charge < -0.3 is 5.11 Å². The monoisotopic (exact) mass is 247 g/mol. The first-order valence-corrected chi connectivity index (χ1v) is 6.88. The maximum Gasteiger partial charge on any atom is 0.127 e. The number of aromatic hydroxyl groups is 1. The molecule has 1 N–H and O–H groups in total. The van der Waals surface area contributed by atoms with Crippen LogP contribution in [0.4, 0.5) is 0 Å². The second-order valence-electron chi connectivity index (χ2n) is 5.08. The smallest absolute Gasteiger partial charge is 0.127 e. The van der Waals surface area contributed by atoms with E-state index in [2.05, 4.69) is 18.8 Å². The van der Waals surface area contributed by atoms with Crippen LogP contribution in [-0.2, 0) is 0 Å². The lowest BCUT2D eigenvalue weighted by Crippen LogP contribution is -2.00. The minimum atomic E-state index is 0.330. The summed E-state index contributed by atoms with van der Waals surface area (Å²) in [5.41, 5.74) is 2.83. The molecule has 0 spiro atoms. The van der Waals surface area contributed by atoms with Crippen molar-refractivity contribution in [2.24, 2.45) is 4.99 Å². The molecule has 1 atom stereocenters. The Bertz CT molecular complexity index is 410. The predicted octanol–water partition coefficient (Wildman–Crippen LogP) is 4.40. The molecule has 0 aliphatic carbocycles. The summed E-state index contributed by atoms with van der Waals surface area (Å²) in [4.78, 5) is 4.54. The Labute approximate surface area is 111 Å². The van der Waals surface area contributed by atoms with Gasteiger partial charge in [0.25, 0.3) is 0 Å². The quantitative estimate of drug-likeness (QED) is 0.586. The van der Waals surface area contributed by atoms with E-state index in [0.717, 1.165) is 23.1 Å². The molecule has 0 fully saturated rings. The zero-order chi connectivity index (χ0) is 13.5. The largest absolute Gasteiger partial charge is 0.507 e. The molecule has 0 saturated heterocycles. The summed E-state index contributed by atoms with van der Waals surface area (Å²) in [5.74, 6) is 0.361. The van der Waals surface area contributed by atoms with Gasteiger partial charge in [0.2, 0.25) is 0 Å². The van der Waals surface area contributed by atoms with E-state index in [1.165, 1.54) is 19.3 Å². The van der Waals surface area contributed by atoms with Crippen molar-refractivity contribution in [3.05, 3.63) is 28.8 Å². The van der Waals surface area contributed by atoms with Gasteiger partial charge in [-0.3, -0.25) is 4.99 Å². The van der Waals surface area contributed by atoms with Crippen molar-refractivity contribution in [2.75, 3.05) is 0 Å². The number of benzene rings is 1. The van der Waals surface area contributed by atoms with Gasteiger partial charge in [0.15, 0.2) is 0 Å². The van der Waals surface area contributed by atoms with Crippen LogP contribution in [0.3, 0.4) is 0 Å². The number of phenolic OH excluding ortho intramolecular Hbond substituents is 1. The Balaban J connectivity index is 2.69. The van der Waals surface area contributed by atoms with Crippen molar-refractivity contribution in [2.45, 2.75) is 59.4 Å². The third-order valence-electron chi connectivity index (χ3n) is 3.32. The molecule has 0 saturated carbocycles. The minimum absolute atomic E-state index is 0.330. The summed E-state index contributed by atoms with van der Waals surface area (Å²) in [5, 5.41) is 10.0. The van der Waals surface area contributed by atoms with Gasteiger partial charge in [-0.05, 0) is 38.3 Å². The molecule has 0 aliphatic heterocycles. The highest BCUT2D eigenvalue weighted by Gasteiger charge is 2.06. The Kier molecular flexibility index (Phi) is 5.90. The number of hydrogen-bond donors (Lipinski definition) is 1. The highest BCUT2D eigenvalue weighted by molar-refractivity contribution is 5.86. The van der Waals surface area contributed by atoms with Crippen LogP contribution in [0.1, 0.15) is 56.2 Å². The van der Waals surface area contributed by atoms with E-state index >= 15 is 0 Å². The fraction of sp³-hybridized carbons (Fsp3) is 0.562. The van der Waals surface area contributed by atoms with E-state index in [4.69, 9.17) is 0 Å². The van der Waals surface area contributed by atoms with Gasteiger partial charge in [0.1, 0.15) is 5.75 Å². The number of nitrogens with zero attached hydrogens (tertiary/aromatic N) is 1. The van der Waals surface area contributed by atoms with Gasteiger partial charge in [-0.2, -0.15) is 0 Å². The van der Waals surface area contributed by atoms with Gasteiger partial charge >= 0.3 is 0 Å². The predicted molar refractivity (Wildman–Crippen MR) is 78.8 cm³/mol. The molecule has 0 aromatic heterocycles. The van der Waals surface area contributed by atoms with E-state index in [0.29, 0.717) is 11.8 Å². The molecule has 0 amide bonds. The van der Waals surface area contributed by atoms with Crippen LogP contribution in [0.25, 0.3) is 0 Å². The topological polar surface area (TPSA) is 32.6 Å². The van der Waals surface area contributed by atoms with Crippen LogP contribution in [0, 0.1) is 13.8 Å².